The lowest BCUT2D eigenvalue weighted by atomic mass is 9.76. The van der Waals surface area contributed by atoms with Gasteiger partial charge in [0.2, 0.25) is 0 Å². The van der Waals surface area contributed by atoms with Crippen molar-refractivity contribution in [3.05, 3.63) is 46.7 Å². The molecule has 2 heteroatoms. The Balaban J connectivity index is 1.53. The largest absolute Gasteiger partial charge is 0.292 e. The molecule has 0 radical (unpaired) electrons. The van der Waals surface area contributed by atoms with Gasteiger partial charge in [-0.05, 0) is 65.8 Å². The summed E-state index contributed by atoms with van der Waals surface area (Å²) >= 11 is 0. The molecule has 2 atom stereocenters. The molecule has 0 spiro atoms. The Morgan fingerprint density at radius 1 is 1.17 bits per heavy atom. The summed E-state index contributed by atoms with van der Waals surface area (Å²) in [5.74, 6) is 0.842. The average molecular weight is 320 g/mol. The van der Waals surface area contributed by atoms with Crippen LogP contribution in [0, 0.1) is 11.3 Å². The molecule has 1 aromatic rings. The minimum Gasteiger partial charge on any atom is -0.292 e. The number of rotatable bonds is 1. The lowest BCUT2D eigenvalue weighted by molar-refractivity contribution is 0.288. The van der Waals surface area contributed by atoms with Gasteiger partial charge >= 0.3 is 0 Å². The first-order valence-corrected chi connectivity index (χ1v) is 9.45. The number of anilines is 1. The van der Waals surface area contributed by atoms with Crippen molar-refractivity contribution in [1.29, 1.82) is 0 Å². The third-order valence-corrected chi connectivity index (χ3v) is 7.11. The fourth-order valence-electron chi connectivity index (χ4n) is 5.82. The molecule has 1 aliphatic heterocycles. The third kappa shape index (κ3) is 1.77. The van der Waals surface area contributed by atoms with Crippen LogP contribution >= 0.6 is 0 Å². The predicted molar refractivity (Wildman–Crippen MR) is 101 cm³/mol. The Labute approximate surface area is 145 Å². The summed E-state index contributed by atoms with van der Waals surface area (Å²) in [7, 11) is 2.28. The standard InChI is InChI=1S/C22H28N2/c1-21(2)10-5-6-15-7-8-17(12-19(15)21)24-14-18-16-9-11-22(3,13-16)20(18)23(24)4/h5-8,12,16H,9-11,13-14H2,1-4H3/t16-,22+/m1/s1. The molecular formula is C22H28N2. The van der Waals surface area contributed by atoms with E-state index in [4.69, 9.17) is 0 Å². The van der Waals surface area contributed by atoms with Gasteiger partial charge in [-0.3, -0.25) is 10.0 Å². The first kappa shape index (κ1) is 14.6. The van der Waals surface area contributed by atoms with Gasteiger partial charge in [-0.2, -0.15) is 0 Å². The molecule has 2 nitrogen and oxygen atoms in total. The molecule has 1 fully saturated rings. The minimum atomic E-state index is 0.236. The Bertz CT molecular complexity index is 785. The van der Waals surface area contributed by atoms with E-state index in [2.05, 4.69) is 68.2 Å². The highest BCUT2D eigenvalue weighted by molar-refractivity contribution is 5.65. The zero-order chi connectivity index (χ0) is 16.7. The van der Waals surface area contributed by atoms with Gasteiger partial charge in [0.05, 0.1) is 12.2 Å². The number of hydrogen-bond donors (Lipinski definition) is 0. The van der Waals surface area contributed by atoms with Crippen molar-refractivity contribution in [3.8, 4) is 0 Å². The van der Waals surface area contributed by atoms with Crippen molar-refractivity contribution < 1.29 is 0 Å². The molecular weight excluding hydrogens is 292 g/mol. The fourth-order valence-corrected chi connectivity index (χ4v) is 5.82. The maximum absolute atomic E-state index is 2.51. The van der Waals surface area contributed by atoms with Crippen LogP contribution in [0.15, 0.2) is 35.5 Å². The van der Waals surface area contributed by atoms with Crippen molar-refractivity contribution in [1.82, 2.24) is 5.01 Å². The first-order chi connectivity index (χ1) is 11.4. The number of nitrogens with zero attached hydrogens (tertiary/aromatic N) is 2. The molecule has 2 bridgehead atoms. The maximum atomic E-state index is 2.51. The molecule has 0 aromatic heterocycles. The quantitative estimate of drug-likeness (QED) is 0.708. The van der Waals surface area contributed by atoms with Crippen molar-refractivity contribution in [2.75, 3.05) is 18.6 Å². The molecule has 24 heavy (non-hydrogen) atoms. The van der Waals surface area contributed by atoms with Gasteiger partial charge in [-0.15, -0.1) is 0 Å². The van der Waals surface area contributed by atoms with Gasteiger partial charge in [0.25, 0.3) is 0 Å². The molecule has 0 unspecified atom stereocenters. The molecule has 5 rings (SSSR count). The van der Waals surface area contributed by atoms with Gasteiger partial charge in [-0.1, -0.05) is 39.0 Å². The van der Waals surface area contributed by atoms with E-state index in [0.717, 1.165) is 18.9 Å². The molecule has 1 heterocycles. The molecule has 126 valence electrons. The summed E-state index contributed by atoms with van der Waals surface area (Å²) in [6.07, 6.45) is 9.90. The van der Waals surface area contributed by atoms with Crippen LogP contribution in [0.4, 0.5) is 5.69 Å². The number of allylic oxidation sites excluding steroid dienone is 2. The predicted octanol–water partition coefficient (Wildman–Crippen LogP) is 5.12. The van der Waals surface area contributed by atoms with Crippen LogP contribution in [0.2, 0.25) is 0 Å². The molecule has 0 amide bonds. The number of hydrazine groups is 1. The molecule has 3 aliphatic carbocycles. The van der Waals surface area contributed by atoms with Crippen molar-refractivity contribution in [3.63, 3.8) is 0 Å². The summed E-state index contributed by atoms with van der Waals surface area (Å²) in [6.45, 7) is 8.32. The third-order valence-electron chi connectivity index (χ3n) is 7.11. The van der Waals surface area contributed by atoms with Crippen LogP contribution in [0.3, 0.4) is 0 Å². The van der Waals surface area contributed by atoms with Crippen LogP contribution in [-0.4, -0.2) is 18.6 Å². The van der Waals surface area contributed by atoms with E-state index in [1.165, 1.54) is 36.1 Å². The van der Waals surface area contributed by atoms with E-state index in [9.17, 15) is 0 Å². The van der Waals surface area contributed by atoms with Gasteiger partial charge in [0.1, 0.15) is 0 Å². The molecule has 0 N–H and O–H groups in total. The monoisotopic (exact) mass is 320 g/mol. The summed E-state index contributed by atoms with van der Waals surface area (Å²) in [5.41, 5.74) is 8.27. The number of hydrogen-bond acceptors (Lipinski definition) is 2. The molecule has 1 saturated carbocycles. The van der Waals surface area contributed by atoms with E-state index in [-0.39, 0.29) is 5.41 Å². The van der Waals surface area contributed by atoms with Gasteiger partial charge in [-0.25, -0.2) is 0 Å². The average Bonchev–Trinajstić information content (AvgIpc) is 3.16. The van der Waals surface area contributed by atoms with Gasteiger partial charge < -0.3 is 0 Å². The second-order valence-corrected chi connectivity index (χ2v) is 9.22. The second-order valence-electron chi connectivity index (χ2n) is 9.22. The van der Waals surface area contributed by atoms with Crippen molar-refractivity contribution >= 4 is 11.8 Å². The van der Waals surface area contributed by atoms with Gasteiger partial charge in [0, 0.05) is 18.2 Å². The van der Waals surface area contributed by atoms with E-state index >= 15 is 0 Å². The zero-order valence-corrected chi connectivity index (χ0v) is 15.4. The number of benzene rings is 1. The highest BCUT2D eigenvalue weighted by atomic mass is 15.6. The lowest BCUT2D eigenvalue weighted by Gasteiger charge is -2.38. The van der Waals surface area contributed by atoms with E-state index in [1.54, 1.807) is 11.3 Å². The summed E-state index contributed by atoms with van der Waals surface area (Å²) in [6, 6.07) is 7.07. The van der Waals surface area contributed by atoms with Crippen molar-refractivity contribution in [2.45, 2.75) is 51.9 Å². The fraction of sp³-hybridized carbons (Fsp3) is 0.545. The normalized spacial score (nSPS) is 32.6. The van der Waals surface area contributed by atoms with Gasteiger partial charge in [0.15, 0.2) is 0 Å². The van der Waals surface area contributed by atoms with E-state index < -0.39 is 0 Å². The highest BCUT2D eigenvalue weighted by Crippen LogP contribution is 2.60. The maximum Gasteiger partial charge on any atom is 0.0629 e. The minimum absolute atomic E-state index is 0.236. The molecule has 0 saturated heterocycles. The summed E-state index contributed by atoms with van der Waals surface area (Å²) in [4.78, 5) is 0. The Hall–Kier alpha value is -1.70. The zero-order valence-electron chi connectivity index (χ0n) is 15.4. The van der Waals surface area contributed by atoms with Crippen LogP contribution in [0.25, 0.3) is 6.08 Å². The SMILES string of the molecule is CN1C2=C(CN1c1ccc3c(c1)C(C)(C)CC=C3)[C@@H]1CC[C@@]2(C)C1. The van der Waals surface area contributed by atoms with Crippen LogP contribution in [0.1, 0.15) is 57.6 Å². The smallest absolute Gasteiger partial charge is 0.0629 e. The summed E-state index contributed by atoms with van der Waals surface area (Å²) in [5, 5.41) is 4.98. The van der Waals surface area contributed by atoms with Crippen molar-refractivity contribution in [2.24, 2.45) is 11.3 Å². The Kier molecular flexibility index (Phi) is 2.73. The van der Waals surface area contributed by atoms with Crippen LogP contribution in [-0.2, 0) is 5.41 Å². The molecule has 4 aliphatic rings. The topological polar surface area (TPSA) is 6.48 Å². The van der Waals surface area contributed by atoms with E-state index in [0.29, 0.717) is 5.41 Å². The first-order valence-electron chi connectivity index (χ1n) is 9.45. The van der Waals surface area contributed by atoms with Crippen LogP contribution in [0.5, 0.6) is 0 Å². The number of fused-ring (bicyclic) bond motifs is 5. The van der Waals surface area contributed by atoms with E-state index in [1.807, 2.05) is 0 Å². The van der Waals surface area contributed by atoms with Crippen LogP contribution < -0.4 is 5.01 Å². The second kappa shape index (κ2) is 4.47. The Morgan fingerprint density at radius 2 is 2.00 bits per heavy atom. The highest BCUT2D eigenvalue weighted by Gasteiger charge is 2.53. The Morgan fingerprint density at radius 3 is 2.79 bits per heavy atom. The molecule has 1 aromatic carbocycles. The summed E-state index contributed by atoms with van der Waals surface area (Å²) < 4.78 is 0. The lowest BCUT2D eigenvalue weighted by Crippen LogP contribution is -2.38.